The number of hydrogen-bond acceptors (Lipinski definition) is 4. The number of sulfonamides is 1. The Morgan fingerprint density at radius 2 is 1.90 bits per heavy atom. The monoisotopic (exact) mass is 297 g/mol. The molecule has 1 aliphatic rings. The van der Waals surface area contributed by atoms with E-state index >= 15 is 0 Å². The van der Waals surface area contributed by atoms with Gasteiger partial charge in [0.1, 0.15) is 6.04 Å². The van der Waals surface area contributed by atoms with Gasteiger partial charge in [0, 0.05) is 12.2 Å². The van der Waals surface area contributed by atoms with E-state index in [0.717, 1.165) is 6.42 Å². The third kappa shape index (κ3) is 2.94. The van der Waals surface area contributed by atoms with Crippen molar-refractivity contribution in [3.63, 3.8) is 0 Å². The lowest BCUT2D eigenvalue weighted by Crippen LogP contribution is -2.50. The number of amides is 1. The maximum atomic E-state index is 12.5. The molecule has 4 N–H and O–H groups in total. The summed E-state index contributed by atoms with van der Waals surface area (Å²) in [6.07, 6.45) is 1.27. The highest BCUT2D eigenvalue weighted by Gasteiger charge is 2.29. The molecule has 1 aromatic rings. The van der Waals surface area contributed by atoms with Gasteiger partial charge in [0.2, 0.25) is 15.9 Å². The lowest BCUT2D eigenvalue weighted by Gasteiger charge is -2.23. The van der Waals surface area contributed by atoms with E-state index in [0.29, 0.717) is 29.8 Å². The highest BCUT2D eigenvalue weighted by Crippen LogP contribution is 2.23. The summed E-state index contributed by atoms with van der Waals surface area (Å²) in [6.45, 7) is 3.98. The fraction of sp³-hybridized carbons (Fsp3) is 0.462. The molecule has 1 atom stereocenters. The average molecular weight is 297 g/mol. The Bertz CT molecular complexity index is 617. The summed E-state index contributed by atoms with van der Waals surface area (Å²) in [5.41, 5.74) is 7.37. The molecular weight excluding hydrogens is 278 g/mol. The van der Waals surface area contributed by atoms with Gasteiger partial charge in [-0.3, -0.25) is 4.79 Å². The highest BCUT2D eigenvalue weighted by molar-refractivity contribution is 7.89. The van der Waals surface area contributed by atoms with E-state index in [-0.39, 0.29) is 10.8 Å². The second-order valence-corrected chi connectivity index (χ2v) is 6.74. The molecule has 0 spiro atoms. The van der Waals surface area contributed by atoms with Crippen LogP contribution in [0.25, 0.3) is 0 Å². The molecule has 2 rings (SSSR count). The predicted molar refractivity (Wildman–Crippen MR) is 76.7 cm³/mol. The van der Waals surface area contributed by atoms with Gasteiger partial charge in [0.15, 0.2) is 0 Å². The number of nitrogen functional groups attached to an aromatic ring is 1. The minimum Gasteiger partial charge on any atom is -0.399 e. The Morgan fingerprint density at radius 3 is 2.45 bits per heavy atom. The van der Waals surface area contributed by atoms with Crippen LogP contribution >= 0.6 is 0 Å². The third-order valence-electron chi connectivity index (χ3n) is 3.33. The zero-order chi connectivity index (χ0) is 14.9. The van der Waals surface area contributed by atoms with E-state index in [9.17, 15) is 13.2 Å². The van der Waals surface area contributed by atoms with Gasteiger partial charge in [0.25, 0.3) is 0 Å². The smallest absolute Gasteiger partial charge is 0.241 e. The molecule has 0 aromatic heterocycles. The predicted octanol–water partition coefficient (Wildman–Crippen LogP) is 0.443. The number of carbonyl (C=O) groups excluding carboxylic acids is 1. The standard InChI is InChI=1S/C13H19N3O3S/c1-8-6-10(14)7-9(2)12(8)20(18,19)16-11-4-3-5-15-13(11)17/h6-7,11,16H,3-5,14H2,1-2H3,(H,15,17). The quantitative estimate of drug-likeness (QED) is 0.705. The first-order valence-electron chi connectivity index (χ1n) is 6.48. The molecule has 0 aliphatic carbocycles. The van der Waals surface area contributed by atoms with E-state index in [2.05, 4.69) is 10.0 Å². The van der Waals surface area contributed by atoms with Crippen LogP contribution < -0.4 is 15.8 Å². The molecule has 7 heteroatoms. The van der Waals surface area contributed by atoms with Gasteiger partial charge in [-0.1, -0.05) is 0 Å². The van der Waals surface area contributed by atoms with Crippen molar-refractivity contribution in [2.75, 3.05) is 12.3 Å². The Balaban J connectivity index is 2.33. The molecule has 1 unspecified atom stereocenters. The van der Waals surface area contributed by atoms with Crippen molar-refractivity contribution in [1.29, 1.82) is 0 Å². The van der Waals surface area contributed by atoms with Crippen molar-refractivity contribution in [1.82, 2.24) is 10.0 Å². The van der Waals surface area contributed by atoms with Crippen molar-refractivity contribution >= 4 is 21.6 Å². The van der Waals surface area contributed by atoms with Gasteiger partial charge in [-0.05, 0) is 49.9 Å². The first-order valence-corrected chi connectivity index (χ1v) is 7.96. The number of carbonyl (C=O) groups is 1. The van der Waals surface area contributed by atoms with E-state index < -0.39 is 16.1 Å². The molecule has 1 heterocycles. The molecule has 0 saturated carbocycles. The maximum Gasteiger partial charge on any atom is 0.241 e. The first-order chi connectivity index (χ1) is 9.31. The van der Waals surface area contributed by atoms with Gasteiger partial charge in [0.05, 0.1) is 4.90 Å². The fourth-order valence-electron chi connectivity index (χ4n) is 2.54. The zero-order valence-electron chi connectivity index (χ0n) is 11.6. The molecule has 20 heavy (non-hydrogen) atoms. The number of hydrogen-bond donors (Lipinski definition) is 3. The number of nitrogens with two attached hydrogens (primary N) is 1. The third-order valence-corrected chi connectivity index (χ3v) is 5.11. The van der Waals surface area contributed by atoms with Crippen molar-refractivity contribution in [2.24, 2.45) is 0 Å². The Labute approximate surface area is 118 Å². The number of anilines is 1. The van der Waals surface area contributed by atoms with Crippen molar-refractivity contribution < 1.29 is 13.2 Å². The van der Waals surface area contributed by atoms with Crippen LogP contribution in [-0.2, 0) is 14.8 Å². The maximum absolute atomic E-state index is 12.5. The van der Waals surface area contributed by atoms with Gasteiger partial charge in [-0.25, -0.2) is 8.42 Å². The minimum absolute atomic E-state index is 0.199. The normalized spacial score (nSPS) is 19.7. The minimum atomic E-state index is -3.74. The van der Waals surface area contributed by atoms with Gasteiger partial charge < -0.3 is 11.1 Å². The van der Waals surface area contributed by atoms with Gasteiger partial charge in [-0.2, -0.15) is 4.72 Å². The summed E-state index contributed by atoms with van der Waals surface area (Å²) < 4.78 is 27.4. The lowest BCUT2D eigenvalue weighted by molar-refractivity contribution is -0.124. The molecule has 1 aromatic carbocycles. The van der Waals surface area contributed by atoms with Crippen LogP contribution in [0.1, 0.15) is 24.0 Å². The Kier molecular flexibility index (Phi) is 4.01. The molecule has 110 valence electrons. The van der Waals surface area contributed by atoms with E-state index in [4.69, 9.17) is 5.73 Å². The van der Waals surface area contributed by atoms with Crippen molar-refractivity contribution in [2.45, 2.75) is 37.6 Å². The largest absolute Gasteiger partial charge is 0.399 e. The molecule has 1 amide bonds. The van der Waals surface area contributed by atoms with Crippen LogP contribution in [0.3, 0.4) is 0 Å². The Hall–Kier alpha value is -1.60. The summed E-state index contributed by atoms with van der Waals surface area (Å²) in [6, 6.07) is 2.52. The molecule has 6 nitrogen and oxygen atoms in total. The van der Waals surface area contributed by atoms with E-state index in [1.165, 1.54) is 0 Å². The van der Waals surface area contributed by atoms with E-state index in [1.807, 2.05) is 0 Å². The summed E-state index contributed by atoms with van der Waals surface area (Å²) in [4.78, 5) is 11.9. The molecule has 1 saturated heterocycles. The van der Waals surface area contributed by atoms with Crippen molar-refractivity contribution in [3.8, 4) is 0 Å². The van der Waals surface area contributed by atoms with Crippen LogP contribution in [0.4, 0.5) is 5.69 Å². The van der Waals surface area contributed by atoms with Gasteiger partial charge in [-0.15, -0.1) is 0 Å². The summed E-state index contributed by atoms with van der Waals surface area (Å²) in [5.74, 6) is -0.273. The summed E-state index contributed by atoms with van der Waals surface area (Å²) >= 11 is 0. The number of benzene rings is 1. The second-order valence-electron chi connectivity index (χ2n) is 5.09. The van der Waals surface area contributed by atoms with Gasteiger partial charge >= 0.3 is 0 Å². The Morgan fingerprint density at radius 1 is 1.30 bits per heavy atom. The molecule has 1 fully saturated rings. The van der Waals surface area contributed by atoms with E-state index in [1.54, 1.807) is 26.0 Å². The summed E-state index contributed by atoms with van der Waals surface area (Å²) in [5, 5.41) is 2.66. The number of aryl methyl sites for hydroxylation is 2. The van der Waals surface area contributed by atoms with Crippen LogP contribution in [-0.4, -0.2) is 26.9 Å². The molecule has 0 radical (unpaired) electrons. The summed E-state index contributed by atoms with van der Waals surface area (Å²) in [7, 11) is -3.74. The van der Waals surface area contributed by atoms with Crippen LogP contribution in [0.2, 0.25) is 0 Å². The second kappa shape index (κ2) is 5.41. The number of rotatable bonds is 3. The lowest BCUT2D eigenvalue weighted by atomic mass is 10.1. The van der Waals surface area contributed by atoms with Crippen LogP contribution in [0, 0.1) is 13.8 Å². The SMILES string of the molecule is Cc1cc(N)cc(C)c1S(=O)(=O)NC1CCCNC1=O. The van der Waals surface area contributed by atoms with Crippen molar-refractivity contribution in [3.05, 3.63) is 23.3 Å². The fourth-order valence-corrected chi connectivity index (χ4v) is 4.22. The number of nitrogens with one attached hydrogen (secondary N) is 2. The molecular formula is C13H19N3O3S. The molecule has 1 aliphatic heterocycles. The van der Waals surface area contributed by atoms with Crippen LogP contribution in [0.15, 0.2) is 17.0 Å². The zero-order valence-corrected chi connectivity index (χ0v) is 12.4. The molecule has 0 bridgehead atoms. The number of piperidine rings is 1. The topological polar surface area (TPSA) is 101 Å². The first kappa shape index (κ1) is 14.8. The van der Waals surface area contributed by atoms with Crippen LogP contribution in [0.5, 0.6) is 0 Å². The average Bonchev–Trinajstić information content (AvgIpc) is 2.30. The highest BCUT2D eigenvalue weighted by atomic mass is 32.2.